The van der Waals surface area contributed by atoms with Crippen LogP contribution in [0.3, 0.4) is 0 Å². The van der Waals surface area contributed by atoms with E-state index < -0.39 is 0 Å². The van der Waals surface area contributed by atoms with E-state index in [0.29, 0.717) is 5.92 Å². The Balaban J connectivity index is 1.13. The Bertz CT molecular complexity index is 2460. The number of furan rings is 1. The van der Waals surface area contributed by atoms with E-state index in [1.807, 2.05) is 0 Å². The fourth-order valence-electron chi connectivity index (χ4n) is 8.65. The molecule has 0 radical (unpaired) electrons. The van der Waals surface area contributed by atoms with Crippen LogP contribution in [0, 0.1) is 0 Å². The number of hydrogen-bond acceptors (Lipinski definition) is 1. The van der Waals surface area contributed by atoms with Gasteiger partial charge < -0.3 is 4.42 Å². The van der Waals surface area contributed by atoms with Gasteiger partial charge in [0.2, 0.25) is 0 Å². The molecule has 0 saturated heterocycles. The summed E-state index contributed by atoms with van der Waals surface area (Å²) in [5, 5.41) is 2.36. The highest BCUT2D eigenvalue weighted by molar-refractivity contribution is 6.12. The van der Waals surface area contributed by atoms with E-state index in [2.05, 4.69) is 159 Å². The quantitative estimate of drug-likeness (QED) is 0.196. The highest BCUT2D eigenvalue weighted by atomic mass is 16.3. The van der Waals surface area contributed by atoms with Gasteiger partial charge in [-0.3, -0.25) is 0 Å². The summed E-state index contributed by atoms with van der Waals surface area (Å²) in [5.41, 5.74) is 17.5. The number of allylic oxidation sites excluding steroid dienone is 4. The van der Waals surface area contributed by atoms with Crippen molar-refractivity contribution in [1.82, 2.24) is 0 Å². The third-order valence-corrected chi connectivity index (χ3v) is 10.9. The lowest BCUT2D eigenvalue weighted by atomic mass is 9.69. The molecule has 218 valence electrons. The molecule has 2 atom stereocenters. The topological polar surface area (TPSA) is 13.1 Å². The molecule has 0 spiro atoms. The third-order valence-electron chi connectivity index (χ3n) is 10.9. The highest BCUT2D eigenvalue weighted by Gasteiger charge is 2.36. The number of para-hydroxylation sites is 1. The summed E-state index contributed by atoms with van der Waals surface area (Å²) in [7, 11) is 0. The van der Waals surface area contributed by atoms with Gasteiger partial charge in [-0.2, -0.15) is 0 Å². The molecule has 6 aromatic carbocycles. The first-order chi connectivity index (χ1) is 22.6. The largest absolute Gasteiger partial charge is 0.455 e. The second kappa shape index (κ2) is 9.31. The highest BCUT2D eigenvalue weighted by Crippen LogP contribution is 2.53. The minimum absolute atomic E-state index is 0.00817. The van der Waals surface area contributed by atoms with Gasteiger partial charge in [0.25, 0.3) is 0 Å². The van der Waals surface area contributed by atoms with Crippen molar-refractivity contribution in [3.63, 3.8) is 0 Å². The molecule has 7 aromatic rings. The van der Waals surface area contributed by atoms with E-state index in [-0.39, 0.29) is 11.3 Å². The van der Waals surface area contributed by atoms with Crippen molar-refractivity contribution in [2.75, 3.05) is 0 Å². The Morgan fingerprint density at radius 1 is 0.478 bits per heavy atom. The van der Waals surface area contributed by atoms with Crippen molar-refractivity contribution in [3.05, 3.63) is 168 Å². The summed E-state index contributed by atoms with van der Waals surface area (Å²) in [6.07, 6.45) is 9.08. The summed E-state index contributed by atoms with van der Waals surface area (Å²) in [4.78, 5) is 0. The van der Waals surface area contributed by atoms with E-state index in [1.165, 1.54) is 72.0 Å². The van der Waals surface area contributed by atoms with E-state index in [1.54, 1.807) is 0 Å². The van der Waals surface area contributed by atoms with E-state index in [4.69, 9.17) is 4.42 Å². The second-order valence-corrected chi connectivity index (χ2v) is 13.6. The van der Waals surface area contributed by atoms with Gasteiger partial charge in [-0.15, -0.1) is 0 Å². The fourth-order valence-corrected chi connectivity index (χ4v) is 8.65. The van der Waals surface area contributed by atoms with Crippen LogP contribution in [-0.2, 0) is 5.41 Å². The molecule has 1 nitrogen and oxygen atoms in total. The Labute approximate surface area is 269 Å². The van der Waals surface area contributed by atoms with Crippen molar-refractivity contribution in [1.29, 1.82) is 0 Å². The predicted octanol–water partition coefficient (Wildman–Crippen LogP) is 12.2. The lowest BCUT2D eigenvalue weighted by Gasteiger charge is -2.33. The lowest BCUT2D eigenvalue weighted by Crippen LogP contribution is -2.16. The summed E-state index contributed by atoms with van der Waals surface area (Å²) < 4.78 is 7.01. The molecular weight excluding hydrogens is 556 g/mol. The SMILES string of the molecule is CC1(C)c2ccccc2-c2cc(-c3cccc(-c4cccc5c4oc4c6c(ccc45)-c4ccccc4C4C=CC=CC64)c3)ccc21. The summed E-state index contributed by atoms with van der Waals surface area (Å²) in [6.45, 7) is 4.67. The van der Waals surface area contributed by atoms with E-state index in [9.17, 15) is 0 Å². The first-order valence-electron chi connectivity index (χ1n) is 16.4. The van der Waals surface area contributed by atoms with Crippen LogP contribution < -0.4 is 0 Å². The molecule has 0 fully saturated rings. The number of benzene rings is 6. The molecule has 0 saturated carbocycles. The summed E-state index contributed by atoms with van der Waals surface area (Å²) in [6, 6.07) is 44.9. The molecule has 0 N–H and O–H groups in total. The average Bonchev–Trinajstić information content (AvgIpc) is 3.60. The number of fused-ring (bicyclic) bond motifs is 13. The number of hydrogen-bond donors (Lipinski definition) is 0. The Morgan fingerprint density at radius 2 is 1.17 bits per heavy atom. The van der Waals surface area contributed by atoms with Crippen LogP contribution in [0.1, 0.15) is 47.9 Å². The van der Waals surface area contributed by atoms with Crippen LogP contribution in [0.15, 0.2) is 150 Å². The van der Waals surface area contributed by atoms with Gasteiger partial charge in [-0.1, -0.05) is 141 Å². The molecule has 1 heteroatoms. The maximum atomic E-state index is 7.01. The third kappa shape index (κ3) is 3.46. The van der Waals surface area contributed by atoms with Crippen LogP contribution in [0.2, 0.25) is 0 Å². The van der Waals surface area contributed by atoms with Crippen molar-refractivity contribution in [2.45, 2.75) is 31.1 Å². The van der Waals surface area contributed by atoms with Gasteiger partial charge in [-0.25, -0.2) is 0 Å². The second-order valence-electron chi connectivity index (χ2n) is 13.6. The maximum absolute atomic E-state index is 7.01. The van der Waals surface area contributed by atoms with Crippen LogP contribution >= 0.6 is 0 Å². The van der Waals surface area contributed by atoms with Gasteiger partial charge in [-0.05, 0) is 73.8 Å². The molecule has 3 aliphatic rings. The normalized spacial score (nSPS) is 18.2. The smallest absolute Gasteiger partial charge is 0.143 e. The Kier molecular flexibility index (Phi) is 5.24. The van der Waals surface area contributed by atoms with E-state index >= 15 is 0 Å². The monoisotopic (exact) mass is 588 g/mol. The minimum Gasteiger partial charge on any atom is -0.455 e. The van der Waals surface area contributed by atoms with Gasteiger partial charge >= 0.3 is 0 Å². The zero-order valence-electron chi connectivity index (χ0n) is 25.9. The minimum atomic E-state index is 0.00817. The molecule has 0 bridgehead atoms. The van der Waals surface area contributed by atoms with Crippen LogP contribution in [0.25, 0.3) is 66.4 Å². The standard InChI is InChI=1S/C45H32O/c1-45(2)40-20-8-7-16-34(40)39-26-28(21-24-41(39)45)27-11-9-12-29(25-27)30-18-10-19-37-38-23-22-36-33-15-4-3-13-31(33)32-14-5-6-17-35(32)42(36)44(38)46-43(30)37/h3-26,32,35H,1-2H3. The molecule has 0 aliphatic heterocycles. The van der Waals surface area contributed by atoms with Crippen molar-refractivity contribution in [2.24, 2.45) is 0 Å². The summed E-state index contributed by atoms with van der Waals surface area (Å²) >= 11 is 0. The molecule has 0 amide bonds. The molecule has 1 heterocycles. The average molecular weight is 589 g/mol. The zero-order valence-corrected chi connectivity index (χ0v) is 25.9. The van der Waals surface area contributed by atoms with E-state index in [0.717, 1.165) is 16.7 Å². The maximum Gasteiger partial charge on any atom is 0.143 e. The summed E-state index contributed by atoms with van der Waals surface area (Å²) in [5.74, 6) is 0.564. The van der Waals surface area contributed by atoms with Crippen molar-refractivity contribution in [3.8, 4) is 44.5 Å². The lowest BCUT2D eigenvalue weighted by molar-refractivity contribution is 0.645. The van der Waals surface area contributed by atoms with Gasteiger partial charge in [0.05, 0.1) is 0 Å². The van der Waals surface area contributed by atoms with Crippen LogP contribution in [0.4, 0.5) is 0 Å². The molecule has 3 aliphatic carbocycles. The molecule has 2 unspecified atom stereocenters. The van der Waals surface area contributed by atoms with Gasteiger partial charge in [0, 0.05) is 39.2 Å². The van der Waals surface area contributed by atoms with Gasteiger partial charge in [0.1, 0.15) is 11.2 Å². The Hall–Kier alpha value is -5.40. The van der Waals surface area contributed by atoms with Crippen LogP contribution in [-0.4, -0.2) is 0 Å². The molecular formula is C45H32O. The number of rotatable bonds is 2. The van der Waals surface area contributed by atoms with Crippen LogP contribution in [0.5, 0.6) is 0 Å². The fraction of sp³-hybridized carbons (Fsp3) is 0.111. The first kappa shape index (κ1) is 25.9. The Morgan fingerprint density at radius 3 is 2.09 bits per heavy atom. The van der Waals surface area contributed by atoms with Crippen molar-refractivity contribution >= 4 is 21.9 Å². The molecule has 46 heavy (non-hydrogen) atoms. The first-order valence-corrected chi connectivity index (χ1v) is 16.4. The predicted molar refractivity (Wildman–Crippen MR) is 191 cm³/mol. The molecule has 10 rings (SSSR count). The van der Waals surface area contributed by atoms with Crippen molar-refractivity contribution < 1.29 is 4.42 Å². The zero-order chi connectivity index (χ0) is 30.6. The van der Waals surface area contributed by atoms with Gasteiger partial charge in [0.15, 0.2) is 0 Å². The molecule has 1 aromatic heterocycles.